The molecule has 1 aliphatic heterocycles. The topological polar surface area (TPSA) is 95.4 Å². The smallest absolute Gasteiger partial charge is 0.326 e. The maximum Gasteiger partial charge on any atom is 0.326 e. The molecular weight excluding hydrogens is 426 g/mol. The third-order valence-corrected chi connectivity index (χ3v) is 7.09. The number of imidazole rings is 1. The second-order valence-corrected chi connectivity index (χ2v) is 10.3. The molecule has 0 saturated carbocycles. The summed E-state index contributed by atoms with van der Waals surface area (Å²) in [5, 5.41) is 11.1. The van der Waals surface area contributed by atoms with Gasteiger partial charge in [-0.15, -0.1) is 0 Å². The van der Waals surface area contributed by atoms with Crippen LogP contribution >= 0.6 is 11.6 Å². The highest BCUT2D eigenvalue weighted by molar-refractivity contribution is 7.90. The summed E-state index contributed by atoms with van der Waals surface area (Å²) in [4.78, 5) is 17.7. The molecule has 160 valence electrons. The van der Waals surface area contributed by atoms with Gasteiger partial charge < -0.3 is 15.0 Å². The molecule has 1 aliphatic rings. The number of piperidine rings is 1. The fourth-order valence-corrected chi connectivity index (χ4v) is 4.87. The van der Waals surface area contributed by atoms with Crippen molar-refractivity contribution >= 4 is 32.5 Å². The van der Waals surface area contributed by atoms with Gasteiger partial charge in [0.15, 0.2) is 9.84 Å². The number of benzene rings is 2. The summed E-state index contributed by atoms with van der Waals surface area (Å²) in [5.41, 5.74) is 1.85. The first-order valence-corrected chi connectivity index (χ1v) is 12.1. The average Bonchev–Trinajstić information content (AvgIpc) is 3.03. The fourth-order valence-electron chi connectivity index (χ4n) is 4.10. The quantitative estimate of drug-likeness (QED) is 0.624. The third kappa shape index (κ3) is 4.32. The molecule has 0 radical (unpaired) electrons. The number of hydrogen-bond acceptors (Lipinski definition) is 5. The lowest BCUT2D eigenvalue weighted by Gasteiger charge is -2.33. The van der Waals surface area contributed by atoms with Gasteiger partial charge in [0.25, 0.3) is 0 Å². The molecule has 0 bridgehead atoms. The van der Waals surface area contributed by atoms with Crippen molar-refractivity contribution in [2.24, 2.45) is 0 Å². The predicted octanol–water partition coefficient (Wildman–Crippen LogP) is 2.76. The fraction of sp³-hybridized carbons (Fsp3) is 0.381. The van der Waals surface area contributed by atoms with E-state index in [-0.39, 0.29) is 16.6 Å². The Bertz CT molecular complexity index is 1210. The third-order valence-electron chi connectivity index (χ3n) is 5.72. The summed E-state index contributed by atoms with van der Waals surface area (Å²) in [7, 11) is -3.34. The van der Waals surface area contributed by atoms with Crippen molar-refractivity contribution in [3.8, 4) is 0 Å². The zero-order chi connectivity index (χ0) is 21.5. The monoisotopic (exact) mass is 449 g/mol. The Kier molecular flexibility index (Phi) is 5.76. The number of aliphatic hydroxyl groups excluding tert-OH is 1. The lowest BCUT2D eigenvalue weighted by molar-refractivity contribution is 0.0907. The van der Waals surface area contributed by atoms with E-state index in [4.69, 9.17) is 11.6 Å². The zero-order valence-electron chi connectivity index (χ0n) is 16.6. The largest absolute Gasteiger partial charge is 0.387 e. The first kappa shape index (κ1) is 21.1. The molecule has 2 heterocycles. The zero-order valence-corrected chi connectivity index (χ0v) is 18.2. The average molecular weight is 450 g/mol. The maximum atomic E-state index is 12.6. The SMILES string of the molecule is CS(=O)(=O)c1ccc2c(c1)[nH]c(=O)n2C1CCN(CC(O)c2ccc(Cl)cc2)CC1. The number of H-pyrrole nitrogens is 1. The molecular formula is C21H24ClN3O4S. The van der Waals surface area contributed by atoms with Gasteiger partial charge in [-0.05, 0) is 48.7 Å². The summed E-state index contributed by atoms with van der Waals surface area (Å²) in [6, 6.07) is 12.0. The number of sulfone groups is 1. The molecule has 2 aromatic carbocycles. The second-order valence-electron chi connectivity index (χ2n) is 7.85. The van der Waals surface area contributed by atoms with E-state index in [2.05, 4.69) is 9.88 Å². The van der Waals surface area contributed by atoms with E-state index in [0.29, 0.717) is 22.6 Å². The maximum absolute atomic E-state index is 12.6. The minimum Gasteiger partial charge on any atom is -0.387 e. The number of rotatable bonds is 5. The standard InChI is InChI=1S/C21H24ClN3O4S/c1-30(28,29)17-6-7-19-18(12-17)23-21(27)25(19)16-8-10-24(11-9-16)13-20(26)14-2-4-15(22)5-3-14/h2-7,12,16,20,26H,8-11,13H2,1H3,(H,23,27). The van der Waals surface area contributed by atoms with Crippen molar-refractivity contribution in [2.75, 3.05) is 25.9 Å². The van der Waals surface area contributed by atoms with Crippen LogP contribution in [-0.2, 0) is 9.84 Å². The van der Waals surface area contributed by atoms with Crippen molar-refractivity contribution in [3.63, 3.8) is 0 Å². The molecule has 1 fully saturated rings. The van der Waals surface area contributed by atoms with E-state index in [1.807, 2.05) is 12.1 Å². The minimum absolute atomic E-state index is 0.0271. The predicted molar refractivity (Wildman–Crippen MR) is 117 cm³/mol. The number of aromatic amines is 1. The molecule has 0 amide bonds. The van der Waals surface area contributed by atoms with E-state index in [0.717, 1.165) is 37.8 Å². The molecule has 0 spiro atoms. The van der Waals surface area contributed by atoms with Gasteiger partial charge in [-0.2, -0.15) is 0 Å². The van der Waals surface area contributed by atoms with E-state index >= 15 is 0 Å². The molecule has 2 N–H and O–H groups in total. The van der Waals surface area contributed by atoms with E-state index in [9.17, 15) is 18.3 Å². The van der Waals surface area contributed by atoms with Gasteiger partial charge in [0.1, 0.15) is 0 Å². The minimum atomic E-state index is -3.34. The van der Waals surface area contributed by atoms with Gasteiger partial charge >= 0.3 is 5.69 Å². The van der Waals surface area contributed by atoms with Crippen LogP contribution in [0.3, 0.4) is 0 Å². The number of aliphatic hydroxyl groups is 1. The highest BCUT2D eigenvalue weighted by Crippen LogP contribution is 2.27. The van der Waals surface area contributed by atoms with Crippen LogP contribution in [0.25, 0.3) is 11.0 Å². The number of nitrogens with zero attached hydrogens (tertiary/aromatic N) is 2. The van der Waals surface area contributed by atoms with Crippen LogP contribution in [0.1, 0.15) is 30.6 Å². The molecule has 1 atom stereocenters. The molecule has 9 heteroatoms. The van der Waals surface area contributed by atoms with Crippen LogP contribution < -0.4 is 5.69 Å². The van der Waals surface area contributed by atoms with E-state index < -0.39 is 15.9 Å². The Hall–Kier alpha value is -2.13. The Morgan fingerprint density at radius 2 is 1.83 bits per heavy atom. The van der Waals surface area contributed by atoms with Crippen LogP contribution in [0.2, 0.25) is 5.02 Å². The summed E-state index contributed by atoms with van der Waals surface area (Å²) in [6.45, 7) is 2.04. The van der Waals surface area contributed by atoms with Crippen LogP contribution in [0.4, 0.5) is 0 Å². The van der Waals surface area contributed by atoms with Crippen LogP contribution in [-0.4, -0.2) is 53.9 Å². The van der Waals surface area contributed by atoms with Crippen LogP contribution in [0.15, 0.2) is 52.2 Å². The number of β-amino-alcohol motifs (C(OH)–C–C–N with tert-alkyl or cyclic N) is 1. The molecule has 4 rings (SSSR count). The first-order valence-electron chi connectivity index (χ1n) is 9.82. The summed E-state index contributed by atoms with van der Waals surface area (Å²) in [6.07, 6.45) is 2.10. The van der Waals surface area contributed by atoms with Gasteiger partial charge in [0.05, 0.1) is 22.0 Å². The van der Waals surface area contributed by atoms with Crippen molar-refractivity contribution < 1.29 is 13.5 Å². The molecule has 30 heavy (non-hydrogen) atoms. The highest BCUT2D eigenvalue weighted by atomic mass is 35.5. The first-order chi connectivity index (χ1) is 14.2. The molecule has 3 aromatic rings. The number of likely N-dealkylation sites (tertiary alicyclic amines) is 1. The number of hydrogen-bond donors (Lipinski definition) is 2. The van der Waals surface area contributed by atoms with Crippen molar-refractivity contribution in [2.45, 2.75) is 29.9 Å². The molecule has 7 nitrogen and oxygen atoms in total. The van der Waals surface area contributed by atoms with Crippen LogP contribution in [0.5, 0.6) is 0 Å². The van der Waals surface area contributed by atoms with E-state index in [1.165, 1.54) is 6.07 Å². The molecule has 0 aliphatic carbocycles. The van der Waals surface area contributed by atoms with Crippen molar-refractivity contribution in [3.05, 3.63) is 63.5 Å². The number of halogens is 1. The van der Waals surface area contributed by atoms with Gasteiger partial charge in [-0.25, -0.2) is 13.2 Å². The summed E-state index contributed by atoms with van der Waals surface area (Å²) < 4.78 is 25.3. The normalized spacial score (nSPS) is 17.4. The van der Waals surface area contributed by atoms with Gasteiger partial charge in [0, 0.05) is 37.0 Å². The lowest BCUT2D eigenvalue weighted by atomic mass is 10.0. The Morgan fingerprint density at radius 3 is 2.47 bits per heavy atom. The number of fused-ring (bicyclic) bond motifs is 1. The molecule has 1 aromatic heterocycles. The molecule has 1 saturated heterocycles. The van der Waals surface area contributed by atoms with Gasteiger partial charge in [0.2, 0.25) is 0 Å². The second kappa shape index (κ2) is 8.19. The Labute approximate surface area is 179 Å². The number of aromatic nitrogens is 2. The van der Waals surface area contributed by atoms with E-state index in [1.54, 1.807) is 28.8 Å². The van der Waals surface area contributed by atoms with Gasteiger partial charge in [-0.3, -0.25) is 4.57 Å². The Morgan fingerprint density at radius 1 is 1.17 bits per heavy atom. The van der Waals surface area contributed by atoms with Crippen LogP contribution in [0, 0.1) is 0 Å². The highest BCUT2D eigenvalue weighted by Gasteiger charge is 2.25. The number of nitrogens with one attached hydrogen (secondary N) is 1. The Balaban J connectivity index is 1.46. The van der Waals surface area contributed by atoms with Crippen molar-refractivity contribution in [1.29, 1.82) is 0 Å². The van der Waals surface area contributed by atoms with Gasteiger partial charge in [-0.1, -0.05) is 23.7 Å². The van der Waals surface area contributed by atoms with Crippen molar-refractivity contribution in [1.82, 2.24) is 14.5 Å². The summed E-state index contributed by atoms with van der Waals surface area (Å²) >= 11 is 5.91. The lowest BCUT2D eigenvalue weighted by Crippen LogP contribution is -2.39. The summed E-state index contributed by atoms with van der Waals surface area (Å²) in [5.74, 6) is 0. The molecule has 1 unspecified atom stereocenters.